The fourth-order valence-corrected chi connectivity index (χ4v) is 4.82. The van der Waals surface area contributed by atoms with Crippen molar-refractivity contribution in [2.24, 2.45) is 0 Å². The number of hydrogen-bond acceptors (Lipinski definition) is 7. The van der Waals surface area contributed by atoms with Crippen LogP contribution in [0, 0.1) is 0 Å². The van der Waals surface area contributed by atoms with Gasteiger partial charge in [0.25, 0.3) is 0 Å². The Morgan fingerprint density at radius 3 is 2.79 bits per heavy atom. The van der Waals surface area contributed by atoms with Crippen LogP contribution in [0.25, 0.3) is 21.3 Å². The van der Waals surface area contributed by atoms with E-state index in [1.807, 2.05) is 18.2 Å². The smallest absolute Gasteiger partial charge is 0.224 e. The van der Waals surface area contributed by atoms with Crippen LogP contribution in [0.2, 0.25) is 5.28 Å². The maximum atomic E-state index is 11.4. The Kier molecular flexibility index (Phi) is 5.47. The molecule has 0 radical (unpaired) electrons. The second-order valence-corrected chi connectivity index (χ2v) is 8.06. The van der Waals surface area contributed by atoms with Gasteiger partial charge in [-0.1, -0.05) is 0 Å². The van der Waals surface area contributed by atoms with E-state index in [9.17, 15) is 4.79 Å². The molecule has 0 aliphatic carbocycles. The van der Waals surface area contributed by atoms with Gasteiger partial charge in [0.1, 0.15) is 5.82 Å². The summed E-state index contributed by atoms with van der Waals surface area (Å²) in [7, 11) is 3.23. The lowest BCUT2D eigenvalue weighted by molar-refractivity contribution is -0.119. The number of amides is 1. The fourth-order valence-electron chi connectivity index (χ4n) is 3.67. The number of rotatable bonds is 5. The molecule has 1 aromatic carbocycles. The van der Waals surface area contributed by atoms with E-state index in [1.54, 1.807) is 25.6 Å². The highest BCUT2D eigenvalue weighted by Gasteiger charge is 2.27. The Bertz CT molecular complexity index is 1070. The molecule has 9 heteroatoms. The van der Waals surface area contributed by atoms with Gasteiger partial charge in [-0.2, -0.15) is 4.98 Å². The summed E-state index contributed by atoms with van der Waals surface area (Å²) in [6.45, 7) is 3.04. The number of thiophene rings is 1. The van der Waals surface area contributed by atoms with Gasteiger partial charge in [0.05, 0.1) is 30.0 Å². The quantitative estimate of drug-likeness (QED) is 0.619. The molecule has 7 nitrogen and oxygen atoms in total. The molecule has 1 aliphatic rings. The number of aromatic nitrogens is 2. The van der Waals surface area contributed by atoms with Crippen LogP contribution in [0.5, 0.6) is 11.5 Å². The summed E-state index contributed by atoms with van der Waals surface area (Å²) in [6.07, 6.45) is 0.870. The standard InChI is InChI=1S/C20H21ClN4O3S/c1-11(26)22-13-6-7-25(9-13)19-14-10-29-18(17(14)23-20(21)24-19)12-4-5-15(27-2)16(8-12)28-3/h4-5,8,10,13H,6-7,9H2,1-3H3,(H,22,26)/t13-/m1/s1. The van der Waals surface area contributed by atoms with Gasteiger partial charge in [-0.15, -0.1) is 11.3 Å². The topological polar surface area (TPSA) is 76.6 Å². The van der Waals surface area contributed by atoms with Gasteiger partial charge in [0.15, 0.2) is 11.5 Å². The molecular formula is C20H21ClN4O3S. The summed E-state index contributed by atoms with van der Waals surface area (Å²) in [5.74, 6) is 2.11. The number of benzene rings is 1. The van der Waals surface area contributed by atoms with E-state index in [2.05, 4.69) is 25.6 Å². The number of carbonyl (C=O) groups excluding carboxylic acids is 1. The highest BCUT2D eigenvalue weighted by Crippen LogP contribution is 2.41. The number of anilines is 1. The average Bonchev–Trinajstić information content (AvgIpc) is 3.33. The SMILES string of the molecule is COc1ccc(-c2scc3c(N4CC[C@@H](NC(C)=O)C4)nc(Cl)nc23)cc1OC. The van der Waals surface area contributed by atoms with Crippen LogP contribution in [0.15, 0.2) is 23.6 Å². The summed E-state index contributed by atoms with van der Waals surface area (Å²) >= 11 is 7.87. The number of halogens is 1. The molecular weight excluding hydrogens is 412 g/mol. The monoisotopic (exact) mass is 432 g/mol. The Morgan fingerprint density at radius 2 is 2.07 bits per heavy atom. The van der Waals surface area contributed by atoms with Gasteiger partial charge >= 0.3 is 0 Å². The second kappa shape index (κ2) is 8.04. The molecule has 0 saturated carbocycles. The molecule has 0 spiro atoms. The first-order valence-electron chi connectivity index (χ1n) is 9.19. The minimum Gasteiger partial charge on any atom is -0.493 e. The lowest BCUT2D eigenvalue weighted by Gasteiger charge is -2.19. The Labute approximate surface area is 177 Å². The summed E-state index contributed by atoms with van der Waals surface area (Å²) < 4.78 is 10.8. The molecule has 0 unspecified atom stereocenters. The number of nitrogens with zero attached hydrogens (tertiary/aromatic N) is 3. The predicted molar refractivity (Wildman–Crippen MR) is 115 cm³/mol. The molecule has 1 saturated heterocycles. The highest BCUT2D eigenvalue weighted by molar-refractivity contribution is 7.15. The molecule has 152 valence electrons. The van der Waals surface area contributed by atoms with Crippen molar-refractivity contribution in [2.75, 3.05) is 32.2 Å². The summed E-state index contributed by atoms with van der Waals surface area (Å²) in [5, 5.41) is 6.19. The van der Waals surface area contributed by atoms with Crippen molar-refractivity contribution in [3.8, 4) is 21.9 Å². The van der Waals surface area contributed by atoms with E-state index in [0.29, 0.717) is 18.0 Å². The molecule has 4 rings (SSSR count). The van der Waals surface area contributed by atoms with Crippen LogP contribution in [-0.2, 0) is 4.79 Å². The fraction of sp³-hybridized carbons (Fsp3) is 0.350. The third-order valence-corrected chi connectivity index (χ3v) is 6.14. The number of carbonyl (C=O) groups is 1. The van der Waals surface area contributed by atoms with Crippen LogP contribution >= 0.6 is 22.9 Å². The van der Waals surface area contributed by atoms with Gasteiger partial charge in [0, 0.05) is 31.4 Å². The van der Waals surface area contributed by atoms with Crippen molar-refractivity contribution in [3.05, 3.63) is 28.9 Å². The highest BCUT2D eigenvalue weighted by atomic mass is 35.5. The Hall–Kier alpha value is -2.58. The van der Waals surface area contributed by atoms with Gasteiger partial charge in [-0.05, 0) is 41.8 Å². The maximum absolute atomic E-state index is 11.4. The first-order chi connectivity index (χ1) is 14.0. The zero-order chi connectivity index (χ0) is 20.5. The zero-order valence-electron chi connectivity index (χ0n) is 16.4. The van der Waals surface area contributed by atoms with E-state index < -0.39 is 0 Å². The van der Waals surface area contributed by atoms with Crippen molar-refractivity contribution in [2.45, 2.75) is 19.4 Å². The largest absolute Gasteiger partial charge is 0.493 e. The van der Waals surface area contributed by atoms with Crippen LogP contribution < -0.4 is 19.7 Å². The minimum atomic E-state index is -0.0195. The molecule has 1 amide bonds. The molecule has 1 fully saturated rings. The molecule has 1 atom stereocenters. The van der Waals surface area contributed by atoms with Gasteiger partial charge in [-0.3, -0.25) is 4.79 Å². The van der Waals surface area contributed by atoms with Crippen LogP contribution in [-0.4, -0.2) is 49.2 Å². The number of hydrogen-bond donors (Lipinski definition) is 1. The first kappa shape index (κ1) is 19.7. The Morgan fingerprint density at radius 1 is 1.28 bits per heavy atom. The number of ether oxygens (including phenoxy) is 2. The lowest BCUT2D eigenvalue weighted by atomic mass is 10.1. The molecule has 2 aromatic heterocycles. The molecule has 3 heterocycles. The van der Waals surface area contributed by atoms with Crippen molar-refractivity contribution >= 4 is 45.6 Å². The number of methoxy groups -OCH3 is 2. The predicted octanol–water partition coefficient (Wildman–Crippen LogP) is 3.74. The average molecular weight is 433 g/mol. The number of nitrogens with one attached hydrogen (secondary N) is 1. The molecule has 0 bridgehead atoms. The lowest BCUT2D eigenvalue weighted by Crippen LogP contribution is -2.35. The molecule has 29 heavy (non-hydrogen) atoms. The third-order valence-electron chi connectivity index (χ3n) is 4.95. The van der Waals surface area contributed by atoms with E-state index in [4.69, 9.17) is 21.1 Å². The second-order valence-electron chi connectivity index (χ2n) is 6.85. The van der Waals surface area contributed by atoms with Crippen molar-refractivity contribution in [1.82, 2.24) is 15.3 Å². The summed E-state index contributed by atoms with van der Waals surface area (Å²) in [6, 6.07) is 5.90. The van der Waals surface area contributed by atoms with Gasteiger partial charge in [-0.25, -0.2) is 4.98 Å². The van der Waals surface area contributed by atoms with Crippen LogP contribution in [0.4, 0.5) is 5.82 Å². The minimum absolute atomic E-state index is 0.0195. The van der Waals surface area contributed by atoms with Crippen molar-refractivity contribution < 1.29 is 14.3 Å². The van der Waals surface area contributed by atoms with E-state index in [0.717, 1.165) is 40.1 Å². The molecule has 1 N–H and O–H groups in total. The summed E-state index contributed by atoms with van der Waals surface area (Å²) in [4.78, 5) is 23.5. The van der Waals surface area contributed by atoms with E-state index >= 15 is 0 Å². The van der Waals surface area contributed by atoms with E-state index in [1.165, 1.54) is 6.92 Å². The first-order valence-corrected chi connectivity index (χ1v) is 10.4. The summed E-state index contributed by atoms with van der Waals surface area (Å²) in [5.41, 5.74) is 1.78. The van der Waals surface area contributed by atoms with Crippen molar-refractivity contribution in [1.29, 1.82) is 0 Å². The van der Waals surface area contributed by atoms with Crippen molar-refractivity contribution in [3.63, 3.8) is 0 Å². The van der Waals surface area contributed by atoms with E-state index in [-0.39, 0.29) is 17.2 Å². The maximum Gasteiger partial charge on any atom is 0.224 e. The third kappa shape index (κ3) is 3.82. The molecule has 1 aliphatic heterocycles. The van der Waals surface area contributed by atoms with Crippen LogP contribution in [0.1, 0.15) is 13.3 Å². The van der Waals surface area contributed by atoms with Crippen LogP contribution in [0.3, 0.4) is 0 Å². The number of fused-ring (bicyclic) bond motifs is 1. The van der Waals surface area contributed by atoms with Gasteiger partial charge in [0.2, 0.25) is 11.2 Å². The molecule has 3 aromatic rings. The van der Waals surface area contributed by atoms with Gasteiger partial charge < -0.3 is 19.7 Å². The normalized spacial score (nSPS) is 16.3. The Balaban J connectivity index is 1.74. The zero-order valence-corrected chi connectivity index (χ0v) is 17.9.